The standard InChI is InChI=1S/C14H5BrClF3N2/c15-7-1-2-8-11(5-7)20-14(21-13(8)16)6-3-9(17)12(19)10(18)4-6/h1-5H. The van der Waals surface area contributed by atoms with E-state index in [4.69, 9.17) is 11.6 Å². The van der Waals surface area contributed by atoms with Crippen LogP contribution in [0.4, 0.5) is 13.2 Å². The minimum atomic E-state index is -1.53. The second-order valence-electron chi connectivity index (χ2n) is 4.25. The number of aromatic nitrogens is 2. The highest BCUT2D eigenvalue weighted by molar-refractivity contribution is 9.10. The number of nitrogens with zero attached hydrogens (tertiary/aromatic N) is 2. The van der Waals surface area contributed by atoms with Gasteiger partial charge in [-0.3, -0.25) is 0 Å². The fourth-order valence-electron chi connectivity index (χ4n) is 1.88. The maximum Gasteiger partial charge on any atom is 0.194 e. The number of benzene rings is 2. The fraction of sp³-hybridized carbons (Fsp3) is 0. The van der Waals surface area contributed by atoms with E-state index in [-0.39, 0.29) is 16.5 Å². The van der Waals surface area contributed by atoms with Crippen molar-refractivity contribution in [2.75, 3.05) is 0 Å². The molecule has 0 atom stereocenters. The Hall–Kier alpha value is -1.66. The van der Waals surface area contributed by atoms with Crippen molar-refractivity contribution in [3.63, 3.8) is 0 Å². The Bertz CT molecular complexity index is 847. The van der Waals surface area contributed by atoms with Crippen molar-refractivity contribution in [3.05, 3.63) is 57.4 Å². The van der Waals surface area contributed by atoms with Gasteiger partial charge >= 0.3 is 0 Å². The molecule has 0 amide bonds. The van der Waals surface area contributed by atoms with E-state index in [1.165, 1.54) is 0 Å². The highest BCUT2D eigenvalue weighted by Crippen LogP contribution is 2.28. The number of fused-ring (bicyclic) bond motifs is 1. The molecule has 0 aliphatic heterocycles. The van der Waals surface area contributed by atoms with Crippen LogP contribution in [0, 0.1) is 17.5 Å². The maximum atomic E-state index is 13.3. The van der Waals surface area contributed by atoms with Gasteiger partial charge in [-0.05, 0) is 30.3 Å². The summed E-state index contributed by atoms with van der Waals surface area (Å²) in [5.74, 6) is -4.13. The zero-order valence-corrected chi connectivity index (χ0v) is 12.5. The minimum Gasteiger partial charge on any atom is -0.228 e. The maximum absolute atomic E-state index is 13.3. The molecule has 1 heterocycles. The third-order valence-corrected chi connectivity index (χ3v) is 3.64. The molecule has 0 saturated carbocycles. The molecule has 2 nitrogen and oxygen atoms in total. The Morgan fingerprint density at radius 3 is 2.29 bits per heavy atom. The van der Waals surface area contributed by atoms with Gasteiger partial charge < -0.3 is 0 Å². The summed E-state index contributed by atoms with van der Waals surface area (Å²) in [6, 6.07) is 6.84. The summed E-state index contributed by atoms with van der Waals surface area (Å²) in [5, 5.41) is 0.749. The molecule has 106 valence electrons. The van der Waals surface area contributed by atoms with E-state index in [0.29, 0.717) is 10.9 Å². The van der Waals surface area contributed by atoms with E-state index in [1.54, 1.807) is 18.2 Å². The van der Waals surface area contributed by atoms with E-state index >= 15 is 0 Å². The van der Waals surface area contributed by atoms with Crippen LogP contribution in [0.2, 0.25) is 5.15 Å². The van der Waals surface area contributed by atoms with Crippen LogP contribution in [0.3, 0.4) is 0 Å². The Labute approximate surface area is 130 Å². The van der Waals surface area contributed by atoms with Crippen molar-refractivity contribution in [2.24, 2.45) is 0 Å². The predicted octanol–water partition coefficient (Wildman–Crippen LogP) is 5.13. The van der Waals surface area contributed by atoms with Crippen LogP contribution < -0.4 is 0 Å². The third-order valence-electron chi connectivity index (χ3n) is 2.85. The lowest BCUT2D eigenvalue weighted by Gasteiger charge is -2.06. The highest BCUT2D eigenvalue weighted by atomic mass is 79.9. The van der Waals surface area contributed by atoms with Crippen molar-refractivity contribution in [2.45, 2.75) is 0 Å². The van der Waals surface area contributed by atoms with Crippen LogP contribution >= 0.6 is 27.5 Å². The molecule has 3 aromatic rings. The monoisotopic (exact) mass is 372 g/mol. The van der Waals surface area contributed by atoms with Gasteiger partial charge in [-0.1, -0.05) is 27.5 Å². The average molecular weight is 374 g/mol. The van der Waals surface area contributed by atoms with Crippen molar-refractivity contribution in [3.8, 4) is 11.4 Å². The quantitative estimate of drug-likeness (QED) is 0.436. The lowest BCUT2D eigenvalue weighted by Crippen LogP contribution is -1.96. The second kappa shape index (κ2) is 5.27. The van der Waals surface area contributed by atoms with Gasteiger partial charge in [-0.15, -0.1) is 0 Å². The molecule has 0 aliphatic rings. The lowest BCUT2D eigenvalue weighted by atomic mass is 10.1. The van der Waals surface area contributed by atoms with Crippen LogP contribution in [-0.2, 0) is 0 Å². The third kappa shape index (κ3) is 2.61. The summed E-state index contributed by atoms with van der Waals surface area (Å²) in [7, 11) is 0. The normalized spacial score (nSPS) is 11.1. The van der Waals surface area contributed by atoms with Gasteiger partial charge in [0.1, 0.15) is 5.15 Å². The largest absolute Gasteiger partial charge is 0.228 e. The molecule has 0 aliphatic carbocycles. The van der Waals surface area contributed by atoms with E-state index in [1.807, 2.05) is 0 Å². The van der Waals surface area contributed by atoms with Gasteiger partial charge in [0, 0.05) is 15.4 Å². The summed E-state index contributed by atoms with van der Waals surface area (Å²) >= 11 is 9.34. The molecule has 21 heavy (non-hydrogen) atoms. The first-order valence-corrected chi connectivity index (χ1v) is 6.90. The Morgan fingerprint density at radius 2 is 1.62 bits per heavy atom. The van der Waals surface area contributed by atoms with Crippen LogP contribution in [-0.4, -0.2) is 9.97 Å². The molecule has 0 radical (unpaired) electrons. The van der Waals surface area contributed by atoms with Gasteiger partial charge in [0.05, 0.1) is 5.52 Å². The molecule has 0 saturated heterocycles. The van der Waals surface area contributed by atoms with E-state index in [2.05, 4.69) is 25.9 Å². The molecule has 7 heteroatoms. The molecule has 0 unspecified atom stereocenters. The molecule has 1 aromatic heterocycles. The molecule has 2 aromatic carbocycles. The van der Waals surface area contributed by atoms with Gasteiger partial charge in [-0.2, -0.15) is 0 Å². The fourth-order valence-corrected chi connectivity index (χ4v) is 2.47. The number of rotatable bonds is 1. The molecule has 0 N–H and O–H groups in total. The molecule has 0 spiro atoms. The average Bonchev–Trinajstić information content (AvgIpc) is 2.43. The molecular weight excluding hydrogens is 369 g/mol. The molecule has 0 fully saturated rings. The second-order valence-corrected chi connectivity index (χ2v) is 5.53. The van der Waals surface area contributed by atoms with Gasteiger partial charge in [0.2, 0.25) is 0 Å². The SMILES string of the molecule is Fc1cc(-c2nc(Cl)c3ccc(Br)cc3n2)cc(F)c1F. The molecule has 0 bridgehead atoms. The summed E-state index contributed by atoms with van der Waals surface area (Å²) in [4.78, 5) is 8.19. The Morgan fingerprint density at radius 1 is 0.952 bits per heavy atom. The summed E-state index contributed by atoms with van der Waals surface area (Å²) in [6.07, 6.45) is 0. The first kappa shape index (κ1) is 14.3. The zero-order valence-electron chi connectivity index (χ0n) is 10.2. The zero-order chi connectivity index (χ0) is 15.1. The summed E-state index contributed by atoms with van der Waals surface area (Å²) in [6.45, 7) is 0. The number of hydrogen-bond donors (Lipinski definition) is 0. The minimum absolute atomic E-state index is 0.00942. The number of hydrogen-bond acceptors (Lipinski definition) is 2. The van der Waals surface area contributed by atoms with Crippen LogP contribution in [0.15, 0.2) is 34.8 Å². The van der Waals surface area contributed by atoms with Crippen LogP contribution in [0.1, 0.15) is 0 Å². The summed E-state index contributed by atoms with van der Waals surface area (Å²) < 4.78 is 40.3. The van der Waals surface area contributed by atoms with Crippen molar-refractivity contribution in [1.82, 2.24) is 9.97 Å². The predicted molar refractivity (Wildman–Crippen MR) is 77.6 cm³/mol. The van der Waals surface area contributed by atoms with E-state index in [9.17, 15) is 13.2 Å². The highest BCUT2D eigenvalue weighted by Gasteiger charge is 2.15. The topological polar surface area (TPSA) is 25.8 Å². The lowest BCUT2D eigenvalue weighted by molar-refractivity contribution is 0.447. The van der Waals surface area contributed by atoms with Crippen molar-refractivity contribution in [1.29, 1.82) is 0 Å². The van der Waals surface area contributed by atoms with Crippen molar-refractivity contribution < 1.29 is 13.2 Å². The van der Waals surface area contributed by atoms with Gasteiger partial charge in [0.15, 0.2) is 23.3 Å². The van der Waals surface area contributed by atoms with Crippen molar-refractivity contribution >= 4 is 38.4 Å². The Balaban J connectivity index is 2.25. The van der Waals surface area contributed by atoms with Gasteiger partial charge in [-0.25, -0.2) is 23.1 Å². The van der Waals surface area contributed by atoms with E-state index in [0.717, 1.165) is 16.6 Å². The van der Waals surface area contributed by atoms with Crippen LogP contribution in [0.25, 0.3) is 22.3 Å². The molecular formula is C14H5BrClF3N2. The smallest absolute Gasteiger partial charge is 0.194 e. The number of halogens is 5. The van der Waals surface area contributed by atoms with E-state index < -0.39 is 17.5 Å². The van der Waals surface area contributed by atoms with Crippen LogP contribution in [0.5, 0.6) is 0 Å². The first-order valence-electron chi connectivity index (χ1n) is 5.73. The summed E-state index contributed by atoms with van der Waals surface area (Å²) in [5.41, 5.74) is 0.514. The first-order chi connectivity index (χ1) is 9.95. The Kier molecular flexibility index (Phi) is 3.59. The van der Waals surface area contributed by atoms with Gasteiger partial charge in [0.25, 0.3) is 0 Å². The molecule has 3 rings (SSSR count).